The van der Waals surface area contributed by atoms with E-state index in [1.54, 1.807) is 12.4 Å². The third-order valence-electron chi connectivity index (χ3n) is 3.00. The summed E-state index contributed by atoms with van der Waals surface area (Å²) in [4.78, 5) is 3.95. The van der Waals surface area contributed by atoms with Crippen molar-refractivity contribution in [3.8, 4) is 5.75 Å². The van der Waals surface area contributed by atoms with E-state index in [1.807, 2.05) is 12.1 Å². The second-order valence-electron chi connectivity index (χ2n) is 4.11. The van der Waals surface area contributed by atoms with Crippen molar-refractivity contribution in [2.24, 2.45) is 5.92 Å². The summed E-state index contributed by atoms with van der Waals surface area (Å²) in [5.74, 6) is 1.16. The lowest BCUT2D eigenvalue weighted by atomic mass is 10.0. The van der Waals surface area contributed by atoms with E-state index in [2.05, 4.69) is 4.98 Å². The molecule has 0 amide bonds. The standard InChI is InChI=1S/C12H17NO2/c14-12(10-4-1-2-5-10)9-15-11-6-3-7-13-8-11/h3,6-8,10,12,14H,1-2,4-5,9H2. The molecule has 2 rings (SSSR count). The molecule has 1 aromatic heterocycles. The maximum Gasteiger partial charge on any atom is 0.137 e. The van der Waals surface area contributed by atoms with Crippen LogP contribution < -0.4 is 4.74 Å². The molecule has 0 radical (unpaired) electrons. The molecule has 1 unspecified atom stereocenters. The zero-order valence-electron chi connectivity index (χ0n) is 8.80. The topological polar surface area (TPSA) is 42.4 Å². The van der Waals surface area contributed by atoms with Crippen molar-refractivity contribution in [2.75, 3.05) is 6.61 Å². The molecule has 1 aromatic rings. The summed E-state index contributed by atoms with van der Waals surface area (Å²) in [5.41, 5.74) is 0. The van der Waals surface area contributed by atoms with E-state index in [4.69, 9.17) is 4.74 Å². The fourth-order valence-electron chi connectivity index (χ4n) is 2.09. The lowest BCUT2D eigenvalue weighted by Crippen LogP contribution is -2.25. The summed E-state index contributed by atoms with van der Waals surface area (Å²) in [6.45, 7) is 0.385. The molecule has 0 saturated heterocycles. The maximum atomic E-state index is 9.86. The van der Waals surface area contributed by atoms with Crippen LogP contribution in [0.4, 0.5) is 0 Å². The summed E-state index contributed by atoms with van der Waals surface area (Å²) in [5, 5.41) is 9.86. The normalized spacial score (nSPS) is 19.0. The largest absolute Gasteiger partial charge is 0.489 e. The van der Waals surface area contributed by atoms with Crippen LogP contribution in [-0.4, -0.2) is 22.8 Å². The van der Waals surface area contributed by atoms with Crippen molar-refractivity contribution < 1.29 is 9.84 Å². The van der Waals surface area contributed by atoms with Crippen molar-refractivity contribution in [1.29, 1.82) is 0 Å². The van der Waals surface area contributed by atoms with E-state index in [-0.39, 0.29) is 6.10 Å². The number of rotatable bonds is 4. The number of ether oxygens (including phenoxy) is 1. The number of hydrogen-bond acceptors (Lipinski definition) is 3. The predicted molar refractivity (Wildman–Crippen MR) is 57.7 cm³/mol. The van der Waals surface area contributed by atoms with E-state index in [9.17, 15) is 5.11 Å². The molecule has 1 heterocycles. The van der Waals surface area contributed by atoms with Gasteiger partial charge in [0.1, 0.15) is 12.4 Å². The van der Waals surface area contributed by atoms with Crippen LogP contribution in [0.5, 0.6) is 5.75 Å². The molecule has 0 aliphatic heterocycles. The van der Waals surface area contributed by atoms with Crippen LogP contribution in [0.1, 0.15) is 25.7 Å². The highest BCUT2D eigenvalue weighted by molar-refractivity contribution is 5.15. The summed E-state index contributed by atoms with van der Waals surface area (Å²) >= 11 is 0. The summed E-state index contributed by atoms with van der Waals surface area (Å²) < 4.78 is 5.47. The van der Waals surface area contributed by atoms with Crippen molar-refractivity contribution in [3.05, 3.63) is 24.5 Å². The van der Waals surface area contributed by atoms with Gasteiger partial charge in [-0.2, -0.15) is 0 Å². The lowest BCUT2D eigenvalue weighted by molar-refractivity contribution is 0.0592. The number of pyridine rings is 1. The fraction of sp³-hybridized carbons (Fsp3) is 0.583. The highest BCUT2D eigenvalue weighted by atomic mass is 16.5. The van der Waals surface area contributed by atoms with Gasteiger partial charge in [-0.05, 0) is 30.9 Å². The van der Waals surface area contributed by atoms with Gasteiger partial charge >= 0.3 is 0 Å². The van der Waals surface area contributed by atoms with Crippen LogP contribution in [0.25, 0.3) is 0 Å². The first-order valence-corrected chi connectivity index (χ1v) is 5.57. The molecule has 15 heavy (non-hydrogen) atoms. The zero-order chi connectivity index (χ0) is 10.5. The van der Waals surface area contributed by atoms with Gasteiger partial charge in [0.15, 0.2) is 0 Å². The van der Waals surface area contributed by atoms with Gasteiger partial charge in [0.2, 0.25) is 0 Å². The van der Waals surface area contributed by atoms with Gasteiger partial charge in [-0.3, -0.25) is 4.98 Å². The molecule has 0 spiro atoms. The van der Waals surface area contributed by atoms with Crippen LogP contribution in [0.2, 0.25) is 0 Å². The number of nitrogens with zero attached hydrogens (tertiary/aromatic N) is 1. The Kier molecular flexibility index (Phi) is 3.56. The SMILES string of the molecule is OC(COc1cccnc1)C1CCCC1. The number of hydrogen-bond donors (Lipinski definition) is 1. The highest BCUT2D eigenvalue weighted by Gasteiger charge is 2.23. The third-order valence-corrected chi connectivity index (χ3v) is 3.00. The van der Waals surface area contributed by atoms with Crippen LogP contribution in [0.15, 0.2) is 24.5 Å². The Morgan fingerprint density at radius 3 is 2.93 bits per heavy atom. The Balaban J connectivity index is 1.77. The number of aliphatic hydroxyl groups excluding tert-OH is 1. The Labute approximate surface area is 90.1 Å². The molecule has 3 nitrogen and oxygen atoms in total. The minimum Gasteiger partial charge on any atom is -0.489 e. The first-order valence-electron chi connectivity index (χ1n) is 5.57. The van der Waals surface area contributed by atoms with E-state index < -0.39 is 0 Å². The molecule has 82 valence electrons. The number of aromatic nitrogens is 1. The summed E-state index contributed by atoms with van der Waals surface area (Å²) in [6, 6.07) is 3.69. The minimum absolute atomic E-state index is 0.326. The van der Waals surface area contributed by atoms with E-state index in [1.165, 1.54) is 12.8 Å². The van der Waals surface area contributed by atoms with E-state index in [0.29, 0.717) is 12.5 Å². The third kappa shape index (κ3) is 2.93. The van der Waals surface area contributed by atoms with E-state index >= 15 is 0 Å². The molecule has 1 N–H and O–H groups in total. The second kappa shape index (κ2) is 5.12. The van der Waals surface area contributed by atoms with Crippen LogP contribution in [0.3, 0.4) is 0 Å². The molecule has 1 saturated carbocycles. The second-order valence-corrected chi connectivity index (χ2v) is 4.11. The smallest absolute Gasteiger partial charge is 0.137 e. The van der Waals surface area contributed by atoms with Crippen molar-refractivity contribution in [1.82, 2.24) is 4.98 Å². The van der Waals surface area contributed by atoms with Gasteiger partial charge < -0.3 is 9.84 Å². The van der Waals surface area contributed by atoms with Crippen LogP contribution >= 0.6 is 0 Å². The van der Waals surface area contributed by atoms with Crippen LogP contribution in [-0.2, 0) is 0 Å². The molecular weight excluding hydrogens is 190 g/mol. The molecular formula is C12H17NO2. The van der Waals surface area contributed by atoms with Crippen molar-refractivity contribution >= 4 is 0 Å². The maximum absolute atomic E-state index is 9.86. The van der Waals surface area contributed by atoms with Gasteiger partial charge in [0.25, 0.3) is 0 Å². The lowest BCUT2D eigenvalue weighted by Gasteiger charge is -2.17. The van der Waals surface area contributed by atoms with Crippen LogP contribution in [0, 0.1) is 5.92 Å². The zero-order valence-corrected chi connectivity index (χ0v) is 8.80. The average Bonchev–Trinajstić information content (AvgIpc) is 2.81. The Bertz CT molecular complexity index is 283. The first-order chi connectivity index (χ1) is 7.36. The van der Waals surface area contributed by atoms with E-state index in [0.717, 1.165) is 18.6 Å². The Hall–Kier alpha value is -1.09. The summed E-state index contributed by atoms with van der Waals surface area (Å²) in [7, 11) is 0. The molecule has 0 aromatic carbocycles. The van der Waals surface area contributed by atoms with Gasteiger partial charge in [-0.25, -0.2) is 0 Å². The first kappa shape index (κ1) is 10.4. The Morgan fingerprint density at radius 2 is 2.27 bits per heavy atom. The molecule has 1 aliphatic carbocycles. The van der Waals surface area contributed by atoms with Crippen molar-refractivity contribution in [3.63, 3.8) is 0 Å². The molecule has 1 atom stereocenters. The Morgan fingerprint density at radius 1 is 1.47 bits per heavy atom. The van der Waals surface area contributed by atoms with Crippen molar-refractivity contribution in [2.45, 2.75) is 31.8 Å². The molecule has 1 fully saturated rings. The molecule has 1 aliphatic rings. The van der Waals surface area contributed by atoms with Gasteiger partial charge in [-0.15, -0.1) is 0 Å². The minimum atomic E-state index is -0.326. The predicted octanol–water partition coefficient (Wildman–Crippen LogP) is 2.01. The van der Waals surface area contributed by atoms with Gasteiger partial charge in [-0.1, -0.05) is 12.8 Å². The number of aliphatic hydroxyl groups is 1. The quantitative estimate of drug-likeness (QED) is 0.821. The molecule has 0 bridgehead atoms. The fourth-order valence-corrected chi connectivity index (χ4v) is 2.09. The monoisotopic (exact) mass is 207 g/mol. The average molecular weight is 207 g/mol. The molecule has 3 heteroatoms. The summed E-state index contributed by atoms with van der Waals surface area (Å²) in [6.07, 6.45) is 7.81. The van der Waals surface area contributed by atoms with Gasteiger partial charge in [0.05, 0.1) is 12.3 Å². The highest BCUT2D eigenvalue weighted by Crippen LogP contribution is 2.27. The van der Waals surface area contributed by atoms with Gasteiger partial charge in [0, 0.05) is 6.20 Å².